The van der Waals surface area contributed by atoms with E-state index < -0.39 is 5.85 Å². The molecule has 1 saturated heterocycles. The summed E-state index contributed by atoms with van der Waals surface area (Å²) in [7, 11) is 0. The lowest BCUT2D eigenvalue weighted by Crippen LogP contribution is -2.61. The van der Waals surface area contributed by atoms with Gasteiger partial charge in [-0.05, 0) is 59.8 Å². The Morgan fingerprint density at radius 2 is 1.74 bits per heavy atom. The lowest BCUT2D eigenvalue weighted by Gasteiger charge is -2.44. The molecule has 3 aliphatic heterocycles. The molecule has 3 aromatic carbocycles. The van der Waals surface area contributed by atoms with E-state index in [0.29, 0.717) is 38.6 Å². The van der Waals surface area contributed by atoms with Crippen LogP contribution >= 0.6 is 35.0 Å². The summed E-state index contributed by atoms with van der Waals surface area (Å²) in [6.07, 6.45) is 2.50. The number of fused-ring (bicyclic) bond motifs is 4. The maximum Gasteiger partial charge on any atom is 0.314 e. The average Bonchev–Trinajstić information content (AvgIpc) is 3.63. The third-order valence-electron chi connectivity index (χ3n) is 6.73. The van der Waals surface area contributed by atoms with Crippen LogP contribution in [0.1, 0.15) is 29.3 Å². The van der Waals surface area contributed by atoms with Crippen molar-refractivity contribution in [3.63, 3.8) is 0 Å². The number of carbonyl (C=O) groups is 1. The van der Waals surface area contributed by atoms with Crippen molar-refractivity contribution in [2.45, 2.75) is 18.3 Å². The second-order valence-electron chi connectivity index (χ2n) is 9.14. The molecule has 0 aliphatic carbocycles. The van der Waals surface area contributed by atoms with Crippen molar-refractivity contribution >= 4 is 52.0 Å². The smallest absolute Gasteiger partial charge is 0.314 e. The number of hydrogen-bond acceptors (Lipinski definition) is 6. The normalized spacial score (nSPS) is 22.7. The second kappa shape index (κ2) is 8.98. The first-order valence-electron chi connectivity index (χ1n) is 12.0. The highest BCUT2D eigenvalue weighted by atomic mass is 35.5. The van der Waals surface area contributed by atoms with Gasteiger partial charge in [0.2, 0.25) is 0 Å². The predicted octanol–water partition coefficient (Wildman–Crippen LogP) is 7.95. The zero-order valence-electron chi connectivity index (χ0n) is 19.7. The standard InChI is InChI=1S/C29H19Cl2N3O3S/c30-19-12-18(13-20(31)14-19)25-11-10-21(36-25)15-27-29(32-28(35)38-27)34-24(22-8-4-5-9-26(22)37-29)16-23(33-34)17-6-2-1-3-7-17/h1-15,24H,16H2,(H,32,35). The summed E-state index contributed by atoms with van der Waals surface area (Å²) in [5.41, 5.74) is 3.75. The lowest BCUT2D eigenvalue weighted by atomic mass is 9.96. The van der Waals surface area contributed by atoms with E-state index in [1.165, 1.54) is 0 Å². The van der Waals surface area contributed by atoms with E-state index in [4.69, 9.17) is 37.5 Å². The highest BCUT2D eigenvalue weighted by Crippen LogP contribution is 2.52. The van der Waals surface area contributed by atoms with Crippen LogP contribution < -0.4 is 10.1 Å². The molecule has 38 heavy (non-hydrogen) atoms. The fraction of sp³-hybridized carbons (Fsp3) is 0.103. The van der Waals surface area contributed by atoms with Crippen LogP contribution in [0.2, 0.25) is 10.0 Å². The molecule has 3 aliphatic rings. The SMILES string of the molecule is O=C1NC2(Oc3ccccc3C3CC(c4ccccc4)=NN32)C(=Cc2ccc(-c3cc(Cl)cc(Cl)c3)o2)S1. The number of amides is 1. The molecule has 1 amide bonds. The number of ether oxygens (including phenoxy) is 1. The van der Waals surface area contributed by atoms with Crippen LogP contribution in [0.5, 0.6) is 5.75 Å². The van der Waals surface area contributed by atoms with E-state index >= 15 is 0 Å². The number of halogens is 2. The van der Waals surface area contributed by atoms with Gasteiger partial charge >= 0.3 is 5.85 Å². The van der Waals surface area contributed by atoms with Crippen LogP contribution in [0.25, 0.3) is 17.4 Å². The van der Waals surface area contributed by atoms with Crippen molar-refractivity contribution in [3.05, 3.63) is 117 Å². The molecule has 4 heterocycles. The minimum atomic E-state index is -1.30. The number of benzene rings is 3. The molecular formula is C29H19Cl2N3O3S. The zero-order chi connectivity index (χ0) is 25.9. The van der Waals surface area contributed by atoms with Crippen LogP contribution in [-0.2, 0) is 0 Å². The molecule has 2 unspecified atom stereocenters. The van der Waals surface area contributed by atoms with Crippen LogP contribution in [0.4, 0.5) is 4.79 Å². The molecule has 6 nitrogen and oxygen atoms in total. The van der Waals surface area contributed by atoms with Gasteiger partial charge in [0.1, 0.15) is 17.3 Å². The number of para-hydroxylation sites is 1. The van der Waals surface area contributed by atoms with E-state index in [0.717, 1.165) is 34.2 Å². The number of thioether (sulfide) groups is 1. The fourth-order valence-electron chi connectivity index (χ4n) is 5.08. The van der Waals surface area contributed by atoms with Crippen LogP contribution in [0.15, 0.2) is 99.4 Å². The molecular weight excluding hydrogens is 541 g/mol. The summed E-state index contributed by atoms with van der Waals surface area (Å²) in [6, 6.07) is 26.8. The Balaban J connectivity index is 1.33. The highest BCUT2D eigenvalue weighted by Gasteiger charge is 2.58. The third-order valence-corrected chi connectivity index (χ3v) is 8.07. The predicted molar refractivity (Wildman–Crippen MR) is 150 cm³/mol. The van der Waals surface area contributed by atoms with Gasteiger partial charge in [-0.1, -0.05) is 71.7 Å². The second-order valence-corrected chi connectivity index (χ2v) is 11.0. The van der Waals surface area contributed by atoms with Crippen LogP contribution in [-0.4, -0.2) is 21.8 Å². The van der Waals surface area contributed by atoms with Crippen LogP contribution in [0.3, 0.4) is 0 Å². The quantitative estimate of drug-likeness (QED) is 0.276. The Morgan fingerprint density at radius 1 is 0.974 bits per heavy atom. The summed E-state index contributed by atoms with van der Waals surface area (Å²) in [5, 5.41) is 10.7. The van der Waals surface area contributed by atoms with Gasteiger partial charge in [0, 0.05) is 27.6 Å². The first-order chi connectivity index (χ1) is 18.5. The summed E-state index contributed by atoms with van der Waals surface area (Å²) in [5.74, 6) is 0.570. The van der Waals surface area contributed by atoms with Gasteiger partial charge < -0.3 is 9.15 Å². The zero-order valence-corrected chi connectivity index (χ0v) is 22.1. The number of furan rings is 1. The Bertz CT molecular complexity index is 1630. The van der Waals surface area contributed by atoms with Crippen molar-refractivity contribution in [3.8, 4) is 17.1 Å². The molecule has 1 aromatic heterocycles. The molecule has 1 fully saturated rings. The van der Waals surface area contributed by atoms with Gasteiger partial charge in [-0.25, -0.2) is 5.01 Å². The molecule has 4 aromatic rings. The summed E-state index contributed by atoms with van der Waals surface area (Å²) in [6.45, 7) is 0. The molecule has 1 spiro atoms. The molecule has 7 rings (SSSR count). The number of rotatable bonds is 3. The van der Waals surface area contributed by atoms with Crippen molar-refractivity contribution in [2.24, 2.45) is 5.10 Å². The number of nitrogens with zero attached hydrogens (tertiary/aromatic N) is 2. The van der Waals surface area contributed by atoms with Crippen molar-refractivity contribution < 1.29 is 13.9 Å². The van der Waals surface area contributed by atoms with Crippen molar-refractivity contribution in [2.75, 3.05) is 0 Å². The number of nitrogens with one attached hydrogen (secondary N) is 1. The molecule has 2 atom stereocenters. The minimum absolute atomic E-state index is 0.113. The lowest BCUT2D eigenvalue weighted by molar-refractivity contribution is -0.0949. The minimum Gasteiger partial charge on any atom is -0.457 e. The van der Waals surface area contributed by atoms with Gasteiger partial charge in [0.05, 0.1) is 16.7 Å². The van der Waals surface area contributed by atoms with Crippen molar-refractivity contribution in [1.82, 2.24) is 10.3 Å². The van der Waals surface area contributed by atoms with E-state index in [2.05, 4.69) is 5.32 Å². The largest absolute Gasteiger partial charge is 0.457 e. The Labute approximate surface area is 232 Å². The Kier molecular flexibility index (Phi) is 5.54. The summed E-state index contributed by atoms with van der Waals surface area (Å²) < 4.78 is 12.7. The molecule has 0 radical (unpaired) electrons. The summed E-state index contributed by atoms with van der Waals surface area (Å²) >= 11 is 13.4. The molecule has 188 valence electrons. The van der Waals surface area contributed by atoms with Gasteiger partial charge in [-0.15, -0.1) is 0 Å². The number of carbonyl (C=O) groups excluding carboxylic acids is 1. The first kappa shape index (κ1) is 23.5. The average molecular weight is 560 g/mol. The molecule has 0 bridgehead atoms. The monoisotopic (exact) mass is 559 g/mol. The number of hydrazone groups is 1. The third kappa shape index (κ3) is 3.89. The van der Waals surface area contributed by atoms with Gasteiger partial charge in [0.15, 0.2) is 0 Å². The van der Waals surface area contributed by atoms with Crippen LogP contribution in [0, 0.1) is 0 Å². The topological polar surface area (TPSA) is 67.1 Å². The molecule has 1 N–H and O–H groups in total. The maximum atomic E-state index is 12.9. The Hall–Kier alpha value is -3.65. The Morgan fingerprint density at radius 3 is 2.55 bits per heavy atom. The van der Waals surface area contributed by atoms with E-state index in [-0.39, 0.29) is 11.3 Å². The van der Waals surface area contributed by atoms with E-state index in [1.54, 1.807) is 18.2 Å². The summed E-state index contributed by atoms with van der Waals surface area (Å²) in [4.78, 5) is 13.5. The van der Waals surface area contributed by atoms with E-state index in [9.17, 15) is 4.79 Å². The molecule has 9 heteroatoms. The molecule has 0 saturated carbocycles. The van der Waals surface area contributed by atoms with Gasteiger partial charge in [0.25, 0.3) is 5.24 Å². The van der Waals surface area contributed by atoms with Crippen molar-refractivity contribution in [1.29, 1.82) is 0 Å². The van der Waals surface area contributed by atoms with Gasteiger partial charge in [-0.3, -0.25) is 10.1 Å². The first-order valence-corrected chi connectivity index (χ1v) is 13.5. The van der Waals surface area contributed by atoms with Gasteiger partial charge in [-0.2, -0.15) is 5.10 Å². The van der Waals surface area contributed by atoms with E-state index in [1.807, 2.05) is 77.8 Å². The number of hydrogen-bond donors (Lipinski definition) is 1. The fourth-order valence-corrected chi connectivity index (χ4v) is 6.50. The maximum absolute atomic E-state index is 12.9. The highest BCUT2D eigenvalue weighted by molar-refractivity contribution is 8.17.